The number of carbonyl (C=O) groups is 1. The summed E-state index contributed by atoms with van der Waals surface area (Å²) < 4.78 is 16.7. The van der Waals surface area contributed by atoms with Crippen molar-refractivity contribution in [2.75, 3.05) is 69.7 Å². The summed E-state index contributed by atoms with van der Waals surface area (Å²) in [6, 6.07) is 6.05. The number of nitrogens with zero attached hydrogens (tertiary/aromatic N) is 6. The summed E-state index contributed by atoms with van der Waals surface area (Å²) >= 11 is 0. The minimum absolute atomic E-state index is 0.0811. The molecule has 6 rings (SSSR count). The van der Waals surface area contributed by atoms with Crippen molar-refractivity contribution in [2.24, 2.45) is 0 Å². The number of oxazole rings is 1. The molecule has 5 heterocycles. The molecule has 1 aromatic carbocycles. The first kappa shape index (κ1) is 30.4. The Morgan fingerprint density at radius 1 is 1.16 bits per heavy atom. The van der Waals surface area contributed by atoms with Crippen molar-refractivity contribution in [1.29, 1.82) is 0 Å². The van der Waals surface area contributed by atoms with E-state index in [2.05, 4.69) is 50.0 Å². The van der Waals surface area contributed by atoms with Crippen molar-refractivity contribution >= 4 is 17.5 Å². The Morgan fingerprint density at radius 3 is 2.70 bits per heavy atom. The van der Waals surface area contributed by atoms with Crippen molar-refractivity contribution in [3.63, 3.8) is 0 Å². The normalized spacial score (nSPS) is 18.5. The summed E-state index contributed by atoms with van der Waals surface area (Å²) in [5.41, 5.74) is 4.92. The number of hydrogen-bond acceptors (Lipinski definition) is 12. The molecule has 12 heteroatoms. The lowest BCUT2D eigenvalue weighted by molar-refractivity contribution is 0.0209. The zero-order chi connectivity index (χ0) is 30.6. The highest BCUT2D eigenvalue weighted by Crippen LogP contribution is 2.30. The lowest BCUT2D eigenvalue weighted by Crippen LogP contribution is -2.45. The van der Waals surface area contributed by atoms with Crippen LogP contribution in [0.15, 0.2) is 29.0 Å². The SMILES string of the molecule is Cc1ncoc1COc1ccc2c(c1C)CCN(C[C@@H](O)CCC(=O)c1cc(NC3COC3)nc(N3CCN(C)CC3)n1)C2. The number of piperazine rings is 1. The minimum Gasteiger partial charge on any atom is -0.485 e. The van der Waals surface area contributed by atoms with Crippen molar-refractivity contribution < 1.29 is 23.8 Å². The molecule has 2 N–H and O–H groups in total. The van der Waals surface area contributed by atoms with Crippen LogP contribution in [0.5, 0.6) is 5.75 Å². The molecule has 0 radical (unpaired) electrons. The smallest absolute Gasteiger partial charge is 0.228 e. The second-order valence-electron chi connectivity index (χ2n) is 12.2. The van der Waals surface area contributed by atoms with Gasteiger partial charge in [-0.1, -0.05) is 6.07 Å². The molecular formula is C32H43N7O5. The van der Waals surface area contributed by atoms with E-state index in [9.17, 15) is 9.90 Å². The van der Waals surface area contributed by atoms with Gasteiger partial charge in [0.05, 0.1) is 31.1 Å². The Bertz CT molecular complexity index is 1450. The molecule has 2 aromatic heterocycles. The lowest BCUT2D eigenvalue weighted by atomic mass is 9.94. The number of ketones is 1. The van der Waals surface area contributed by atoms with Crippen molar-refractivity contribution in [3.8, 4) is 5.75 Å². The zero-order valence-corrected chi connectivity index (χ0v) is 25.9. The maximum Gasteiger partial charge on any atom is 0.228 e. The number of benzene rings is 1. The molecule has 1 atom stereocenters. The average Bonchev–Trinajstić information content (AvgIpc) is 3.42. The van der Waals surface area contributed by atoms with Crippen molar-refractivity contribution in [3.05, 3.63) is 58.4 Å². The van der Waals surface area contributed by atoms with Gasteiger partial charge in [0, 0.05) is 58.3 Å². The fourth-order valence-corrected chi connectivity index (χ4v) is 5.94. The number of aryl methyl sites for hydroxylation is 1. The number of aromatic nitrogens is 3. The number of Topliss-reactive ketones (excluding diaryl/α,β-unsaturated/α-hetero) is 1. The maximum absolute atomic E-state index is 13.3. The van der Waals surface area contributed by atoms with Crippen LogP contribution in [0.3, 0.4) is 0 Å². The van der Waals surface area contributed by atoms with E-state index in [1.807, 2.05) is 13.0 Å². The van der Waals surface area contributed by atoms with E-state index in [4.69, 9.17) is 18.9 Å². The van der Waals surface area contributed by atoms with Crippen molar-refractivity contribution in [1.82, 2.24) is 24.8 Å². The van der Waals surface area contributed by atoms with Crippen molar-refractivity contribution in [2.45, 2.75) is 58.4 Å². The first-order chi connectivity index (χ1) is 21.3. The monoisotopic (exact) mass is 605 g/mol. The molecule has 0 spiro atoms. The van der Waals surface area contributed by atoms with E-state index in [1.54, 1.807) is 6.07 Å². The van der Waals surface area contributed by atoms with Gasteiger partial charge < -0.3 is 34.1 Å². The second kappa shape index (κ2) is 13.6. The number of anilines is 2. The van der Waals surface area contributed by atoms with Crippen LogP contribution in [0.25, 0.3) is 0 Å². The third-order valence-electron chi connectivity index (χ3n) is 8.87. The summed E-state index contributed by atoms with van der Waals surface area (Å²) in [7, 11) is 2.10. The number of carbonyl (C=O) groups excluding carboxylic acids is 1. The predicted octanol–water partition coefficient (Wildman–Crippen LogP) is 2.61. The van der Waals surface area contributed by atoms with E-state index < -0.39 is 6.10 Å². The highest BCUT2D eigenvalue weighted by molar-refractivity contribution is 5.95. The molecule has 236 valence electrons. The third-order valence-corrected chi connectivity index (χ3v) is 8.87. The van der Waals surface area contributed by atoms with Gasteiger partial charge in [-0.05, 0) is 56.5 Å². The summed E-state index contributed by atoms with van der Waals surface area (Å²) in [5.74, 6) is 2.73. The number of rotatable bonds is 12. The van der Waals surface area contributed by atoms with Crippen LogP contribution in [0.2, 0.25) is 0 Å². The molecular weight excluding hydrogens is 562 g/mol. The molecule has 2 fully saturated rings. The zero-order valence-electron chi connectivity index (χ0n) is 25.9. The Balaban J connectivity index is 1.03. The number of hydrogen-bond donors (Lipinski definition) is 2. The van der Waals surface area contributed by atoms with Gasteiger partial charge in [-0.25, -0.2) is 9.97 Å². The van der Waals surface area contributed by atoms with E-state index in [-0.39, 0.29) is 18.2 Å². The fraction of sp³-hybridized carbons (Fsp3) is 0.562. The molecule has 3 aromatic rings. The quantitative estimate of drug-likeness (QED) is 0.295. The van der Waals surface area contributed by atoms with Gasteiger partial charge >= 0.3 is 0 Å². The summed E-state index contributed by atoms with van der Waals surface area (Å²) in [6.45, 7) is 11.2. The molecule has 44 heavy (non-hydrogen) atoms. The second-order valence-corrected chi connectivity index (χ2v) is 12.2. The standard InChI is InChI=1S/C32H43N7O5/c1-21-26-8-9-38(15-23(26)4-7-29(21)43-19-30-22(2)33-20-44-30)16-25(40)5-6-28(41)27-14-31(34-24-17-42-18-24)36-32(35-27)39-12-10-37(3)11-13-39/h4,7,14,20,24-25,40H,5-6,8-13,15-19H2,1-3H3,(H,34,35,36)/t25-/m0/s1. The average molecular weight is 606 g/mol. The van der Waals surface area contributed by atoms with Crippen LogP contribution in [0.4, 0.5) is 11.8 Å². The van der Waals surface area contributed by atoms with Gasteiger partial charge in [0.15, 0.2) is 17.9 Å². The van der Waals surface area contributed by atoms with E-state index in [0.29, 0.717) is 50.2 Å². The van der Waals surface area contributed by atoms with Crippen LogP contribution >= 0.6 is 0 Å². The number of nitrogens with one attached hydrogen (secondary N) is 1. The summed E-state index contributed by atoms with van der Waals surface area (Å²) in [5, 5.41) is 14.3. The van der Waals surface area contributed by atoms with E-state index >= 15 is 0 Å². The molecule has 0 amide bonds. The minimum atomic E-state index is -0.613. The Kier molecular flexibility index (Phi) is 9.41. The molecule has 2 saturated heterocycles. The first-order valence-corrected chi connectivity index (χ1v) is 15.6. The van der Waals surface area contributed by atoms with E-state index in [1.165, 1.54) is 17.5 Å². The Hall–Kier alpha value is -3.58. The number of β-amino-alcohol motifs (C(OH)–C–C–N with tert-alkyl or cyclic N) is 1. The highest BCUT2D eigenvalue weighted by Gasteiger charge is 2.25. The topological polar surface area (TPSA) is 129 Å². The Labute approximate surface area is 258 Å². The molecule has 0 unspecified atom stereocenters. The third kappa shape index (κ3) is 7.20. The molecule has 0 bridgehead atoms. The molecule has 3 aliphatic rings. The molecule has 12 nitrogen and oxygen atoms in total. The number of fused-ring (bicyclic) bond motifs is 1. The number of aliphatic hydroxyl groups is 1. The fourth-order valence-electron chi connectivity index (χ4n) is 5.94. The highest BCUT2D eigenvalue weighted by atomic mass is 16.5. The van der Waals surface area contributed by atoms with Crippen LogP contribution in [-0.2, 0) is 24.3 Å². The lowest BCUT2D eigenvalue weighted by Gasteiger charge is -2.33. The van der Waals surface area contributed by atoms with Crippen LogP contribution < -0.4 is 15.0 Å². The van der Waals surface area contributed by atoms with Gasteiger partial charge in [-0.3, -0.25) is 9.69 Å². The van der Waals surface area contributed by atoms with Gasteiger partial charge in [0.25, 0.3) is 0 Å². The number of likely N-dealkylation sites (N-methyl/N-ethyl adjacent to an activating group) is 1. The van der Waals surface area contributed by atoms with Gasteiger partial charge in [-0.2, -0.15) is 4.98 Å². The number of aliphatic hydroxyl groups excluding tert-OH is 1. The summed E-state index contributed by atoms with van der Waals surface area (Å²) in [6.07, 6.45) is 2.30. The molecule has 0 saturated carbocycles. The molecule has 0 aliphatic carbocycles. The van der Waals surface area contributed by atoms with Gasteiger partial charge in [0.2, 0.25) is 5.95 Å². The predicted molar refractivity (Wildman–Crippen MR) is 165 cm³/mol. The Morgan fingerprint density at radius 2 is 1.98 bits per heavy atom. The van der Waals surface area contributed by atoms with Crippen LogP contribution in [-0.4, -0.2) is 107 Å². The van der Waals surface area contributed by atoms with Crippen LogP contribution in [0.1, 0.15) is 51.5 Å². The molecule has 3 aliphatic heterocycles. The van der Waals surface area contributed by atoms with E-state index in [0.717, 1.165) is 68.5 Å². The van der Waals surface area contributed by atoms with Gasteiger partial charge in [0.1, 0.15) is 23.9 Å². The first-order valence-electron chi connectivity index (χ1n) is 15.6. The largest absolute Gasteiger partial charge is 0.485 e. The van der Waals surface area contributed by atoms with Crippen LogP contribution in [0, 0.1) is 13.8 Å². The maximum atomic E-state index is 13.3. The van der Waals surface area contributed by atoms with Gasteiger partial charge in [-0.15, -0.1) is 0 Å². The summed E-state index contributed by atoms with van der Waals surface area (Å²) in [4.78, 5) is 33.5. The number of ether oxygens (including phenoxy) is 2.